The van der Waals surface area contributed by atoms with E-state index in [-0.39, 0.29) is 5.03 Å². The minimum absolute atomic E-state index is 0.362. The normalized spacial score (nSPS) is 25.3. The van der Waals surface area contributed by atoms with Crippen LogP contribution in [0.15, 0.2) is 29.4 Å². The average molecular weight is 472 g/mol. The number of pyridine rings is 1. The lowest BCUT2D eigenvalue weighted by atomic mass is 9.97. The number of nitrogens with zero attached hydrogens (tertiary/aromatic N) is 1. The molecule has 1 N–H and O–H groups in total. The lowest BCUT2D eigenvalue weighted by molar-refractivity contribution is -0.212. The smallest absolute Gasteiger partial charge is 0.303 e. The van der Waals surface area contributed by atoms with Gasteiger partial charge in [-0.1, -0.05) is 6.07 Å². The lowest BCUT2D eigenvalue weighted by Crippen LogP contribution is -2.67. The second-order valence-electron chi connectivity index (χ2n) is 6.93. The summed E-state index contributed by atoms with van der Waals surface area (Å²) >= 11 is 0. The summed E-state index contributed by atoms with van der Waals surface area (Å²) in [4.78, 5) is 50.6. The largest absolute Gasteiger partial charge is 0.463 e. The van der Waals surface area contributed by atoms with Crippen LogP contribution in [0.3, 0.4) is 0 Å². The standard InChI is InChI=1S/C19H24N2O10S/c1-10(22)21-16-18(30-13(4)25)17(29-12(3)24)14(9-28-11(2)23)31-19(16)32(26,27)15-7-5-6-8-20-15/h5-8,14,16-19H,9H2,1-4H3,(H,21,22)/t14-,16-,17-,18-,19?/m1/s1. The van der Waals surface area contributed by atoms with Crippen LogP contribution in [-0.4, -0.2) is 73.6 Å². The maximum Gasteiger partial charge on any atom is 0.303 e. The molecule has 1 aliphatic rings. The molecule has 176 valence electrons. The van der Waals surface area contributed by atoms with E-state index in [1.807, 2.05) is 0 Å². The molecular formula is C19H24N2O10S. The third kappa shape index (κ3) is 6.23. The van der Waals surface area contributed by atoms with Crippen molar-refractivity contribution < 1.29 is 46.5 Å². The van der Waals surface area contributed by atoms with Crippen LogP contribution in [0.5, 0.6) is 0 Å². The summed E-state index contributed by atoms with van der Waals surface area (Å²) in [5.41, 5.74) is -1.81. The van der Waals surface area contributed by atoms with E-state index in [1.54, 1.807) is 0 Å². The predicted molar refractivity (Wildman–Crippen MR) is 105 cm³/mol. The Bertz CT molecular complexity index is 966. The van der Waals surface area contributed by atoms with Crippen LogP contribution in [0, 0.1) is 0 Å². The maximum atomic E-state index is 13.3. The number of sulfone groups is 1. The van der Waals surface area contributed by atoms with Crippen molar-refractivity contribution >= 4 is 33.7 Å². The van der Waals surface area contributed by atoms with Gasteiger partial charge in [0.05, 0.1) is 0 Å². The number of carbonyl (C=O) groups excluding carboxylic acids is 4. The van der Waals surface area contributed by atoms with Crippen molar-refractivity contribution in [2.24, 2.45) is 0 Å². The maximum absolute atomic E-state index is 13.3. The fourth-order valence-corrected chi connectivity index (χ4v) is 4.80. The SMILES string of the molecule is CC(=O)N[C@H]1C(S(=O)(=O)c2ccccn2)O[C@H](COC(C)=O)[C@@H](OC(C)=O)[C@@H]1OC(C)=O. The number of rotatable bonds is 7. The van der Waals surface area contributed by atoms with Crippen molar-refractivity contribution in [3.05, 3.63) is 24.4 Å². The molecule has 12 nitrogen and oxygen atoms in total. The Labute approximate surface area is 184 Å². The van der Waals surface area contributed by atoms with Gasteiger partial charge in [-0.2, -0.15) is 0 Å². The fourth-order valence-electron chi connectivity index (χ4n) is 3.19. The summed E-state index contributed by atoms with van der Waals surface area (Å²) < 4.78 is 47.8. The molecule has 32 heavy (non-hydrogen) atoms. The highest BCUT2D eigenvalue weighted by atomic mass is 32.2. The van der Waals surface area contributed by atoms with Crippen LogP contribution in [0.25, 0.3) is 0 Å². The van der Waals surface area contributed by atoms with Crippen molar-refractivity contribution in [3.63, 3.8) is 0 Å². The number of nitrogens with one attached hydrogen (secondary N) is 1. The van der Waals surface area contributed by atoms with Gasteiger partial charge in [-0.05, 0) is 12.1 Å². The molecule has 0 bridgehead atoms. The van der Waals surface area contributed by atoms with Crippen LogP contribution in [0.2, 0.25) is 0 Å². The number of esters is 3. The van der Waals surface area contributed by atoms with E-state index in [0.717, 1.165) is 27.7 Å². The molecule has 1 fully saturated rings. The van der Waals surface area contributed by atoms with Crippen molar-refractivity contribution in [1.82, 2.24) is 10.3 Å². The first-order valence-electron chi connectivity index (χ1n) is 9.48. The van der Waals surface area contributed by atoms with E-state index >= 15 is 0 Å². The molecule has 0 spiro atoms. The first-order valence-corrected chi connectivity index (χ1v) is 11.0. The average Bonchev–Trinajstić information content (AvgIpc) is 2.69. The van der Waals surface area contributed by atoms with Gasteiger partial charge in [0, 0.05) is 33.9 Å². The van der Waals surface area contributed by atoms with E-state index in [4.69, 9.17) is 18.9 Å². The lowest BCUT2D eigenvalue weighted by Gasteiger charge is -2.44. The van der Waals surface area contributed by atoms with E-state index in [0.29, 0.717) is 0 Å². The van der Waals surface area contributed by atoms with Crippen molar-refractivity contribution in [1.29, 1.82) is 0 Å². The van der Waals surface area contributed by atoms with Gasteiger partial charge in [-0.25, -0.2) is 13.4 Å². The Morgan fingerprint density at radius 1 is 1.00 bits per heavy atom. The topological polar surface area (TPSA) is 164 Å². The van der Waals surface area contributed by atoms with E-state index in [2.05, 4.69) is 10.3 Å². The van der Waals surface area contributed by atoms with E-state index in [1.165, 1.54) is 24.4 Å². The Morgan fingerprint density at radius 2 is 1.62 bits per heavy atom. The van der Waals surface area contributed by atoms with Crippen LogP contribution < -0.4 is 5.32 Å². The fraction of sp³-hybridized carbons (Fsp3) is 0.526. The monoisotopic (exact) mass is 472 g/mol. The summed E-state index contributed by atoms with van der Waals surface area (Å²) in [5.74, 6) is -2.98. The minimum atomic E-state index is -4.37. The highest BCUT2D eigenvalue weighted by molar-refractivity contribution is 7.91. The highest BCUT2D eigenvalue weighted by Crippen LogP contribution is 2.32. The summed E-state index contributed by atoms with van der Waals surface area (Å²) in [6.45, 7) is 3.88. The Kier molecular flexibility index (Phi) is 8.27. The van der Waals surface area contributed by atoms with E-state index < -0.39 is 70.0 Å². The molecule has 0 radical (unpaired) electrons. The first kappa shape index (κ1) is 25.2. The molecule has 13 heteroatoms. The second kappa shape index (κ2) is 10.5. The summed E-state index contributed by atoms with van der Waals surface area (Å²) in [5, 5.41) is 2.04. The second-order valence-corrected chi connectivity index (χ2v) is 8.91. The van der Waals surface area contributed by atoms with Crippen LogP contribution in [0.1, 0.15) is 27.7 Å². The van der Waals surface area contributed by atoms with Gasteiger partial charge >= 0.3 is 17.9 Å². The molecule has 1 amide bonds. The molecule has 1 aliphatic heterocycles. The van der Waals surface area contributed by atoms with Gasteiger partial charge in [0.15, 0.2) is 22.7 Å². The third-order valence-electron chi connectivity index (χ3n) is 4.31. The molecule has 1 saturated heterocycles. The molecule has 0 aliphatic carbocycles. The first-order chi connectivity index (χ1) is 14.9. The van der Waals surface area contributed by atoms with Gasteiger partial charge in [-0.3, -0.25) is 19.2 Å². The van der Waals surface area contributed by atoms with Crippen LogP contribution >= 0.6 is 0 Å². The molecule has 1 unspecified atom stereocenters. The van der Waals surface area contributed by atoms with Gasteiger partial charge in [0.25, 0.3) is 0 Å². The summed E-state index contributed by atoms with van der Waals surface area (Å²) in [6, 6.07) is 2.70. The number of carbonyl (C=O) groups is 4. The Balaban J connectivity index is 2.61. The van der Waals surface area contributed by atoms with Gasteiger partial charge in [0.1, 0.15) is 18.8 Å². The zero-order chi connectivity index (χ0) is 24.1. The number of hydrogen-bond donors (Lipinski definition) is 1. The zero-order valence-corrected chi connectivity index (χ0v) is 18.7. The minimum Gasteiger partial charge on any atom is -0.463 e. The molecule has 0 aromatic carbocycles. The number of hydrogen-bond acceptors (Lipinski definition) is 11. The predicted octanol–water partition coefficient (Wildman–Crippen LogP) is -0.489. The van der Waals surface area contributed by atoms with Crippen LogP contribution in [0.4, 0.5) is 0 Å². The van der Waals surface area contributed by atoms with Gasteiger partial charge in [0.2, 0.25) is 15.7 Å². The number of amides is 1. The number of ether oxygens (including phenoxy) is 4. The molecule has 1 aromatic rings. The highest BCUT2D eigenvalue weighted by Gasteiger charge is 2.55. The third-order valence-corrected chi connectivity index (χ3v) is 6.15. The van der Waals surface area contributed by atoms with Gasteiger partial charge in [-0.15, -0.1) is 0 Å². The van der Waals surface area contributed by atoms with Crippen LogP contribution in [-0.2, 0) is 48.0 Å². The van der Waals surface area contributed by atoms with E-state index in [9.17, 15) is 27.6 Å². The van der Waals surface area contributed by atoms with Gasteiger partial charge < -0.3 is 24.3 Å². The molecule has 1 aromatic heterocycles. The molecule has 0 saturated carbocycles. The molecular weight excluding hydrogens is 448 g/mol. The van der Waals surface area contributed by atoms with Crippen molar-refractivity contribution in [2.75, 3.05) is 6.61 Å². The molecule has 2 heterocycles. The van der Waals surface area contributed by atoms with Crippen molar-refractivity contribution in [2.45, 2.75) is 62.5 Å². The summed E-state index contributed by atoms with van der Waals surface area (Å²) in [6.07, 6.45) is -2.94. The molecule has 5 atom stereocenters. The Hall–Kier alpha value is -3.06. The van der Waals surface area contributed by atoms with Crippen molar-refractivity contribution in [3.8, 4) is 0 Å². The zero-order valence-electron chi connectivity index (χ0n) is 17.8. The summed E-state index contributed by atoms with van der Waals surface area (Å²) in [7, 11) is -4.37. The number of aromatic nitrogens is 1. The quantitative estimate of drug-likeness (QED) is 0.402. The Morgan fingerprint density at radius 3 is 2.12 bits per heavy atom. The molecule has 2 rings (SSSR count).